The lowest BCUT2D eigenvalue weighted by Gasteiger charge is -2.40. The van der Waals surface area contributed by atoms with E-state index in [0.29, 0.717) is 12.8 Å². The molecule has 0 aromatic heterocycles. The summed E-state index contributed by atoms with van der Waals surface area (Å²) in [6.45, 7) is 3.71. The van der Waals surface area contributed by atoms with Crippen molar-refractivity contribution < 1.29 is 56.8 Å². The molecule has 1 rings (SSSR count). The first-order chi connectivity index (χ1) is 29.5. The number of unbranched alkanes of at least 4 members (excludes halogenated alkanes) is 22. The average molecular weight is 887 g/mol. The molecule has 0 saturated carbocycles. The Morgan fingerprint density at radius 3 is 1.51 bits per heavy atom. The van der Waals surface area contributed by atoms with Gasteiger partial charge >= 0.3 is 11.9 Å². The summed E-state index contributed by atoms with van der Waals surface area (Å²) in [7, 11) is -4.60. The maximum atomic E-state index is 12.8. The van der Waals surface area contributed by atoms with Gasteiger partial charge in [-0.1, -0.05) is 159 Å². The summed E-state index contributed by atoms with van der Waals surface area (Å²) in [4.78, 5) is 25.4. The first-order valence-electron chi connectivity index (χ1n) is 24.0. The minimum absolute atomic E-state index is 0.159. The lowest BCUT2D eigenvalue weighted by Crippen LogP contribution is -2.60. The van der Waals surface area contributed by atoms with E-state index in [1.54, 1.807) is 0 Å². The molecule has 1 saturated heterocycles. The highest BCUT2D eigenvalue weighted by Gasteiger charge is 2.46. The number of aliphatic hydroxyl groups is 3. The molecule has 356 valence electrons. The van der Waals surface area contributed by atoms with Crippen LogP contribution in [0.3, 0.4) is 0 Å². The van der Waals surface area contributed by atoms with Gasteiger partial charge in [-0.25, -0.2) is 0 Å². The van der Waals surface area contributed by atoms with Crippen LogP contribution in [-0.4, -0.2) is 96.0 Å². The first-order valence-corrected chi connectivity index (χ1v) is 25.7. The van der Waals surface area contributed by atoms with Crippen LogP contribution in [0.15, 0.2) is 36.5 Å². The molecule has 0 radical (unpaired) electrons. The molecular weight excluding hydrogens is 801 g/mol. The molecule has 13 heteroatoms. The average Bonchev–Trinajstić information content (AvgIpc) is 3.22. The molecule has 0 spiro atoms. The Kier molecular flexibility index (Phi) is 35.8. The van der Waals surface area contributed by atoms with Gasteiger partial charge in [-0.2, -0.15) is 8.42 Å². The molecule has 0 bridgehead atoms. The Labute approximate surface area is 370 Å². The van der Waals surface area contributed by atoms with Crippen molar-refractivity contribution in [3.8, 4) is 0 Å². The van der Waals surface area contributed by atoms with Gasteiger partial charge in [0.25, 0.3) is 10.1 Å². The molecule has 1 fully saturated rings. The fraction of sp³-hybridized carbons (Fsp3) is 0.833. The number of carbonyl (C=O) groups excluding carboxylic acids is 2. The number of aliphatic hydroxyl groups excluding tert-OH is 3. The van der Waals surface area contributed by atoms with Crippen molar-refractivity contribution in [1.29, 1.82) is 0 Å². The van der Waals surface area contributed by atoms with Gasteiger partial charge in [0.2, 0.25) is 0 Å². The largest absolute Gasteiger partial charge is 0.462 e. The van der Waals surface area contributed by atoms with Gasteiger partial charge in [-0.3, -0.25) is 14.1 Å². The predicted octanol–water partition coefficient (Wildman–Crippen LogP) is 10.2. The van der Waals surface area contributed by atoms with Crippen molar-refractivity contribution in [1.82, 2.24) is 0 Å². The van der Waals surface area contributed by atoms with Crippen LogP contribution in [0, 0.1) is 0 Å². The fourth-order valence-electron chi connectivity index (χ4n) is 7.16. The Morgan fingerprint density at radius 2 is 1.00 bits per heavy atom. The van der Waals surface area contributed by atoms with Crippen LogP contribution in [0.4, 0.5) is 0 Å². The Hall–Kier alpha value is -2.13. The van der Waals surface area contributed by atoms with E-state index in [9.17, 15) is 37.9 Å². The number of ether oxygens (including phenoxy) is 4. The Morgan fingerprint density at radius 1 is 0.557 bits per heavy atom. The zero-order valence-electron chi connectivity index (χ0n) is 38.0. The van der Waals surface area contributed by atoms with Gasteiger partial charge in [-0.05, 0) is 64.2 Å². The molecule has 0 aliphatic carbocycles. The van der Waals surface area contributed by atoms with E-state index >= 15 is 0 Å². The molecule has 6 atom stereocenters. The highest BCUT2D eigenvalue weighted by molar-refractivity contribution is 7.85. The summed E-state index contributed by atoms with van der Waals surface area (Å²) in [5.41, 5.74) is 0. The third kappa shape index (κ3) is 33.1. The van der Waals surface area contributed by atoms with E-state index in [4.69, 9.17) is 18.9 Å². The Bertz CT molecular complexity index is 1270. The van der Waals surface area contributed by atoms with Crippen LogP contribution in [0.1, 0.15) is 200 Å². The van der Waals surface area contributed by atoms with Gasteiger partial charge in [0.1, 0.15) is 36.8 Å². The van der Waals surface area contributed by atoms with Crippen molar-refractivity contribution in [3.63, 3.8) is 0 Å². The summed E-state index contributed by atoms with van der Waals surface area (Å²) in [6, 6.07) is 0. The summed E-state index contributed by atoms with van der Waals surface area (Å²) < 4.78 is 54.1. The standard InChI is InChI=1S/C48H86O12S/c1-3-5-7-9-11-13-15-17-19-20-21-22-23-25-27-29-31-33-35-37-44(50)59-41(39-58-48-47(53)46(52)45(51)42(60-48)40-61(54,55)56)38-57-43(49)36-34-32-30-28-26-24-18-16-14-12-10-8-6-4-2/h10,12,16-19,41-42,45-48,51-53H,3-9,11,13-15,20-40H2,1-2H3,(H,54,55,56)/b12-10+,18-16+,19-17+/t41-,42-,45-,46?,47?,48+/m1/s1. The molecule has 1 heterocycles. The normalized spacial score (nSPS) is 20.3. The minimum atomic E-state index is -4.60. The summed E-state index contributed by atoms with van der Waals surface area (Å²) in [6.07, 6.45) is 34.7. The third-order valence-electron chi connectivity index (χ3n) is 10.9. The quantitative estimate of drug-likeness (QED) is 0.0198. The second kappa shape index (κ2) is 38.3. The topological polar surface area (TPSA) is 186 Å². The SMILES string of the molecule is CCCC/C=C/C/C=C/CCCCCCCC(=O)OC[C@H](CO[C@H]1O[C@H](CS(=O)(=O)O)[C@@H](O)C(O)C1O)OC(=O)CCCCCCCCCCC/C=C/CCCCCCCC. The van der Waals surface area contributed by atoms with Crippen LogP contribution in [-0.2, 0) is 38.7 Å². The van der Waals surface area contributed by atoms with Gasteiger partial charge in [0.05, 0.1) is 6.61 Å². The van der Waals surface area contributed by atoms with Crippen molar-refractivity contribution >= 4 is 22.1 Å². The van der Waals surface area contributed by atoms with Crippen molar-refractivity contribution in [3.05, 3.63) is 36.5 Å². The highest BCUT2D eigenvalue weighted by Crippen LogP contribution is 2.24. The molecule has 4 N–H and O–H groups in total. The molecule has 0 aromatic carbocycles. The number of carbonyl (C=O) groups is 2. The lowest BCUT2D eigenvalue weighted by atomic mass is 10.00. The van der Waals surface area contributed by atoms with Gasteiger partial charge < -0.3 is 34.3 Å². The van der Waals surface area contributed by atoms with Crippen LogP contribution in [0.5, 0.6) is 0 Å². The minimum Gasteiger partial charge on any atom is -0.462 e. The molecule has 0 aromatic rings. The molecule has 12 nitrogen and oxygen atoms in total. The summed E-state index contributed by atoms with van der Waals surface area (Å²) >= 11 is 0. The maximum absolute atomic E-state index is 12.8. The lowest BCUT2D eigenvalue weighted by molar-refractivity contribution is -0.297. The number of rotatable bonds is 40. The number of hydrogen-bond donors (Lipinski definition) is 4. The highest BCUT2D eigenvalue weighted by atomic mass is 32.2. The fourth-order valence-corrected chi connectivity index (χ4v) is 7.85. The van der Waals surface area contributed by atoms with Crippen LogP contribution in [0.25, 0.3) is 0 Å². The molecule has 1 aliphatic heterocycles. The molecule has 1 aliphatic rings. The first kappa shape index (κ1) is 56.9. The smallest absolute Gasteiger partial charge is 0.306 e. The third-order valence-corrected chi connectivity index (χ3v) is 11.7. The van der Waals surface area contributed by atoms with Gasteiger partial charge in [0, 0.05) is 12.8 Å². The van der Waals surface area contributed by atoms with E-state index in [1.807, 2.05) is 0 Å². The van der Waals surface area contributed by atoms with E-state index < -0.39 is 71.2 Å². The molecule has 61 heavy (non-hydrogen) atoms. The molecule has 0 amide bonds. The summed E-state index contributed by atoms with van der Waals surface area (Å²) in [5.74, 6) is -2.00. The van der Waals surface area contributed by atoms with Crippen molar-refractivity contribution in [2.45, 2.75) is 237 Å². The van der Waals surface area contributed by atoms with Crippen LogP contribution < -0.4 is 0 Å². The second-order valence-corrected chi connectivity index (χ2v) is 18.3. The number of allylic oxidation sites excluding steroid dienone is 6. The van der Waals surface area contributed by atoms with Crippen LogP contribution >= 0.6 is 0 Å². The van der Waals surface area contributed by atoms with Crippen molar-refractivity contribution in [2.75, 3.05) is 19.0 Å². The number of esters is 2. The van der Waals surface area contributed by atoms with Crippen molar-refractivity contribution in [2.24, 2.45) is 0 Å². The number of hydrogen-bond acceptors (Lipinski definition) is 11. The molecular formula is C48H86O12S. The van der Waals surface area contributed by atoms with Crippen LogP contribution in [0.2, 0.25) is 0 Å². The van der Waals surface area contributed by atoms with E-state index in [2.05, 4.69) is 50.3 Å². The Balaban J connectivity index is 2.41. The predicted molar refractivity (Wildman–Crippen MR) is 243 cm³/mol. The second-order valence-electron chi connectivity index (χ2n) is 16.8. The van der Waals surface area contributed by atoms with E-state index in [-0.39, 0.29) is 19.4 Å². The summed E-state index contributed by atoms with van der Waals surface area (Å²) in [5, 5.41) is 30.9. The maximum Gasteiger partial charge on any atom is 0.306 e. The monoisotopic (exact) mass is 887 g/mol. The van der Waals surface area contributed by atoms with E-state index in [0.717, 1.165) is 64.2 Å². The molecule has 2 unspecified atom stereocenters. The zero-order valence-corrected chi connectivity index (χ0v) is 38.8. The van der Waals surface area contributed by atoms with E-state index in [1.165, 1.54) is 96.3 Å². The van der Waals surface area contributed by atoms with Gasteiger partial charge in [-0.15, -0.1) is 0 Å². The zero-order chi connectivity index (χ0) is 44.8. The van der Waals surface area contributed by atoms with Gasteiger partial charge in [0.15, 0.2) is 12.4 Å².